The van der Waals surface area contributed by atoms with E-state index in [4.69, 9.17) is 9.47 Å². The summed E-state index contributed by atoms with van der Waals surface area (Å²) in [6.07, 6.45) is 0.0416. The fourth-order valence-electron chi connectivity index (χ4n) is 2.49. The lowest BCUT2D eigenvalue weighted by Crippen LogP contribution is -2.24. The van der Waals surface area contributed by atoms with E-state index < -0.39 is 0 Å². The summed E-state index contributed by atoms with van der Waals surface area (Å²) < 4.78 is 11.6. The van der Waals surface area contributed by atoms with Crippen molar-refractivity contribution in [3.05, 3.63) is 53.6 Å². The van der Waals surface area contributed by atoms with E-state index in [1.807, 2.05) is 31.2 Å². The minimum atomic E-state index is 0.0416. The lowest BCUT2D eigenvalue weighted by Gasteiger charge is -2.28. The van der Waals surface area contributed by atoms with E-state index in [1.54, 1.807) is 0 Å². The highest BCUT2D eigenvalue weighted by molar-refractivity contribution is 5.63. The molecule has 104 valence electrons. The minimum absolute atomic E-state index is 0.0416. The maximum Gasteiger partial charge on any atom is 0.143 e. The highest BCUT2D eigenvalue weighted by atomic mass is 16.5. The number of anilines is 1. The molecule has 3 heteroatoms. The Hall–Kier alpha value is -2.16. The van der Waals surface area contributed by atoms with Crippen LogP contribution in [0.4, 0.5) is 5.69 Å². The number of aryl methyl sites for hydroxylation is 1. The number of rotatable bonds is 3. The van der Waals surface area contributed by atoms with E-state index in [0.29, 0.717) is 6.61 Å². The number of hydrogen-bond donors (Lipinski definition) is 1. The van der Waals surface area contributed by atoms with Crippen LogP contribution >= 0.6 is 0 Å². The molecule has 0 saturated carbocycles. The van der Waals surface area contributed by atoms with Gasteiger partial charge in [-0.05, 0) is 43.2 Å². The van der Waals surface area contributed by atoms with Gasteiger partial charge >= 0.3 is 0 Å². The highest BCUT2D eigenvalue weighted by Crippen LogP contribution is 2.36. The standard InChI is InChI=1S/C17H19NO2/c1-3-19-14-9-7-13(8-10-14)16-11-18-17-12(2)5-4-6-15(17)20-16/h4-10,16,18H,3,11H2,1-2H3. The lowest BCUT2D eigenvalue weighted by molar-refractivity contribution is 0.210. The Morgan fingerprint density at radius 2 is 2.00 bits per heavy atom. The maximum absolute atomic E-state index is 6.10. The van der Waals surface area contributed by atoms with Gasteiger partial charge in [-0.2, -0.15) is 0 Å². The summed E-state index contributed by atoms with van der Waals surface area (Å²) in [5, 5.41) is 3.46. The summed E-state index contributed by atoms with van der Waals surface area (Å²) in [5.74, 6) is 1.83. The van der Waals surface area contributed by atoms with Gasteiger partial charge in [0.1, 0.15) is 17.6 Å². The molecular formula is C17H19NO2. The predicted molar refractivity (Wildman–Crippen MR) is 80.6 cm³/mol. The van der Waals surface area contributed by atoms with Gasteiger partial charge in [0.2, 0.25) is 0 Å². The van der Waals surface area contributed by atoms with Crippen LogP contribution in [0.25, 0.3) is 0 Å². The summed E-state index contributed by atoms with van der Waals surface area (Å²) in [4.78, 5) is 0. The van der Waals surface area contributed by atoms with Crippen molar-refractivity contribution in [1.29, 1.82) is 0 Å². The van der Waals surface area contributed by atoms with Crippen LogP contribution in [0, 0.1) is 6.92 Å². The molecule has 20 heavy (non-hydrogen) atoms. The third-order valence-corrected chi connectivity index (χ3v) is 3.53. The van der Waals surface area contributed by atoms with Crippen LogP contribution in [0.2, 0.25) is 0 Å². The van der Waals surface area contributed by atoms with Crippen LogP contribution in [-0.2, 0) is 0 Å². The van der Waals surface area contributed by atoms with Crippen molar-refractivity contribution in [1.82, 2.24) is 0 Å². The summed E-state index contributed by atoms with van der Waals surface area (Å²) >= 11 is 0. The largest absolute Gasteiger partial charge is 0.494 e. The predicted octanol–water partition coefficient (Wildman–Crippen LogP) is 3.94. The van der Waals surface area contributed by atoms with Crippen LogP contribution in [-0.4, -0.2) is 13.2 Å². The van der Waals surface area contributed by atoms with Gasteiger partial charge in [-0.25, -0.2) is 0 Å². The normalized spacial score (nSPS) is 16.8. The van der Waals surface area contributed by atoms with Crippen molar-refractivity contribution in [2.75, 3.05) is 18.5 Å². The van der Waals surface area contributed by atoms with E-state index in [-0.39, 0.29) is 6.10 Å². The first kappa shape index (κ1) is 12.9. The summed E-state index contributed by atoms with van der Waals surface area (Å²) in [5.41, 5.74) is 3.48. The van der Waals surface area contributed by atoms with E-state index in [9.17, 15) is 0 Å². The topological polar surface area (TPSA) is 30.5 Å². The van der Waals surface area contributed by atoms with Crippen LogP contribution < -0.4 is 14.8 Å². The second-order valence-electron chi connectivity index (χ2n) is 4.94. The Bertz CT molecular complexity index is 592. The molecule has 3 rings (SSSR count). The molecule has 1 atom stereocenters. The second kappa shape index (κ2) is 5.45. The summed E-state index contributed by atoms with van der Waals surface area (Å²) in [6.45, 7) is 5.55. The number of ether oxygens (including phenoxy) is 2. The molecule has 1 N–H and O–H groups in total. The molecule has 0 bridgehead atoms. The number of para-hydroxylation sites is 1. The Balaban J connectivity index is 1.79. The number of fused-ring (bicyclic) bond motifs is 1. The quantitative estimate of drug-likeness (QED) is 0.915. The Morgan fingerprint density at radius 1 is 1.20 bits per heavy atom. The van der Waals surface area contributed by atoms with Crippen molar-refractivity contribution in [3.63, 3.8) is 0 Å². The minimum Gasteiger partial charge on any atom is -0.494 e. The van der Waals surface area contributed by atoms with E-state index in [0.717, 1.165) is 29.3 Å². The number of hydrogen-bond acceptors (Lipinski definition) is 3. The number of benzene rings is 2. The van der Waals surface area contributed by atoms with Gasteiger partial charge in [-0.1, -0.05) is 24.3 Å². The van der Waals surface area contributed by atoms with Gasteiger partial charge in [0, 0.05) is 0 Å². The van der Waals surface area contributed by atoms with Crippen molar-refractivity contribution in [3.8, 4) is 11.5 Å². The summed E-state index contributed by atoms with van der Waals surface area (Å²) in [6, 6.07) is 14.2. The van der Waals surface area contributed by atoms with Crippen molar-refractivity contribution in [2.45, 2.75) is 20.0 Å². The molecular weight excluding hydrogens is 250 g/mol. The molecule has 3 nitrogen and oxygen atoms in total. The molecule has 2 aromatic rings. The van der Waals surface area contributed by atoms with E-state index in [1.165, 1.54) is 5.56 Å². The molecule has 1 unspecified atom stereocenters. The molecule has 0 aliphatic carbocycles. The fourth-order valence-corrected chi connectivity index (χ4v) is 2.49. The van der Waals surface area contributed by atoms with Gasteiger partial charge in [0.15, 0.2) is 0 Å². The first-order chi connectivity index (χ1) is 9.78. The first-order valence-corrected chi connectivity index (χ1v) is 7.01. The SMILES string of the molecule is CCOc1ccc(C2CNc3c(C)cccc3O2)cc1. The number of nitrogens with one attached hydrogen (secondary N) is 1. The van der Waals surface area contributed by atoms with Crippen LogP contribution in [0.1, 0.15) is 24.2 Å². The van der Waals surface area contributed by atoms with Gasteiger partial charge in [0.25, 0.3) is 0 Å². The Morgan fingerprint density at radius 3 is 2.75 bits per heavy atom. The monoisotopic (exact) mass is 269 g/mol. The van der Waals surface area contributed by atoms with Crippen molar-refractivity contribution in [2.24, 2.45) is 0 Å². The van der Waals surface area contributed by atoms with E-state index in [2.05, 4.69) is 30.4 Å². The summed E-state index contributed by atoms with van der Waals surface area (Å²) in [7, 11) is 0. The smallest absolute Gasteiger partial charge is 0.143 e. The highest BCUT2D eigenvalue weighted by Gasteiger charge is 2.21. The molecule has 0 spiro atoms. The van der Waals surface area contributed by atoms with Gasteiger partial charge < -0.3 is 14.8 Å². The third-order valence-electron chi connectivity index (χ3n) is 3.53. The van der Waals surface area contributed by atoms with Gasteiger partial charge in [0.05, 0.1) is 18.8 Å². The molecule has 0 aromatic heterocycles. The molecule has 1 aliphatic heterocycles. The second-order valence-corrected chi connectivity index (χ2v) is 4.94. The Labute approximate surface area is 119 Å². The molecule has 0 saturated heterocycles. The van der Waals surface area contributed by atoms with Crippen LogP contribution in [0.15, 0.2) is 42.5 Å². The van der Waals surface area contributed by atoms with Gasteiger partial charge in [-0.15, -0.1) is 0 Å². The van der Waals surface area contributed by atoms with Crippen LogP contribution in [0.5, 0.6) is 11.5 Å². The first-order valence-electron chi connectivity index (χ1n) is 7.01. The maximum atomic E-state index is 6.10. The van der Waals surface area contributed by atoms with Crippen molar-refractivity contribution >= 4 is 5.69 Å². The zero-order chi connectivity index (χ0) is 13.9. The lowest BCUT2D eigenvalue weighted by atomic mass is 10.1. The molecule has 0 radical (unpaired) electrons. The van der Waals surface area contributed by atoms with E-state index >= 15 is 0 Å². The average Bonchev–Trinajstić information content (AvgIpc) is 2.48. The van der Waals surface area contributed by atoms with Crippen LogP contribution in [0.3, 0.4) is 0 Å². The fraction of sp³-hybridized carbons (Fsp3) is 0.294. The molecule has 0 fully saturated rings. The van der Waals surface area contributed by atoms with Gasteiger partial charge in [-0.3, -0.25) is 0 Å². The molecule has 1 aliphatic rings. The molecule has 2 aromatic carbocycles. The van der Waals surface area contributed by atoms with Crippen molar-refractivity contribution < 1.29 is 9.47 Å². The zero-order valence-electron chi connectivity index (χ0n) is 11.8. The zero-order valence-corrected chi connectivity index (χ0v) is 11.8. The third kappa shape index (κ3) is 2.44. The average molecular weight is 269 g/mol. The molecule has 0 amide bonds. The Kier molecular flexibility index (Phi) is 3.50. The molecule has 1 heterocycles.